The van der Waals surface area contributed by atoms with Crippen molar-refractivity contribution in [1.82, 2.24) is 9.55 Å². The average Bonchev–Trinajstić information content (AvgIpc) is 3.02. The number of aromatic nitrogens is 2. The lowest BCUT2D eigenvalue weighted by Crippen LogP contribution is -2.28. The molecule has 5 nitrogen and oxygen atoms in total. The van der Waals surface area contributed by atoms with E-state index >= 15 is 0 Å². The van der Waals surface area contributed by atoms with Gasteiger partial charge in [-0.05, 0) is 29.8 Å². The van der Waals surface area contributed by atoms with E-state index in [0.29, 0.717) is 12.4 Å². The summed E-state index contributed by atoms with van der Waals surface area (Å²) in [6.07, 6.45) is 1.58. The molecule has 0 fully saturated rings. The van der Waals surface area contributed by atoms with Crippen molar-refractivity contribution in [3.63, 3.8) is 0 Å². The highest BCUT2D eigenvalue weighted by Crippen LogP contribution is 2.32. The average molecular weight is 328 g/mol. The highest BCUT2D eigenvalue weighted by Gasteiger charge is 2.31. The van der Waals surface area contributed by atoms with Crippen LogP contribution in [0.4, 0.5) is 5.69 Å². The Morgan fingerprint density at radius 2 is 1.88 bits per heavy atom. The smallest absolute Gasteiger partial charge is 0.256 e. The molecule has 4 rings (SSSR count). The predicted octanol–water partition coefficient (Wildman–Crippen LogP) is 3.36. The molecule has 3 aromatic rings. The Morgan fingerprint density at radius 1 is 1.16 bits per heavy atom. The molecule has 1 atom stereocenters. The Balaban J connectivity index is 1.73. The van der Waals surface area contributed by atoms with Crippen LogP contribution in [0.1, 0.15) is 16.5 Å². The van der Waals surface area contributed by atoms with Crippen molar-refractivity contribution in [2.24, 2.45) is 0 Å². The number of carbonyl (C=O) groups is 1. The molecule has 0 saturated carbocycles. The third-order valence-corrected chi connectivity index (χ3v) is 4.49. The number of fused-ring (bicyclic) bond motifs is 3. The van der Waals surface area contributed by atoms with Gasteiger partial charge in [0.05, 0.1) is 17.1 Å². The van der Waals surface area contributed by atoms with E-state index < -0.39 is 5.92 Å². The van der Waals surface area contributed by atoms with E-state index in [1.807, 2.05) is 66.5 Å². The molecule has 1 aliphatic heterocycles. The van der Waals surface area contributed by atoms with Gasteiger partial charge in [-0.3, -0.25) is 9.36 Å². The van der Waals surface area contributed by atoms with Gasteiger partial charge in [-0.2, -0.15) is 5.26 Å². The number of rotatable bonds is 3. The molecular weight excluding hydrogens is 312 g/mol. The molecule has 0 N–H and O–H groups in total. The highest BCUT2D eigenvalue weighted by atomic mass is 16.2. The third kappa shape index (κ3) is 2.48. The molecular formula is C20H16N4O. The molecule has 2 aromatic carbocycles. The van der Waals surface area contributed by atoms with Gasteiger partial charge >= 0.3 is 0 Å². The molecule has 0 saturated heterocycles. The number of nitrogens with zero attached hydrogens (tertiary/aromatic N) is 4. The molecule has 2 heterocycles. The summed E-state index contributed by atoms with van der Waals surface area (Å²) in [5, 5.41) is 9.73. The van der Waals surface area contributed by atoms with Crippen LogP contribution in [0.5, 0.6) is 0 Å². The zero-order chi connectivity index (χ0) is 17.4. The molecule has 0 radical (unpaired) electrons. The van der Waals surface area contributed by atoms with Crippen molar-refractivity contribution in [2.75, 3.05) is 18.5 Å². The van der Waals surface area contributed by atoms with Gasteiger partial charge in [-0.1, -0.05) is 30.3 Å². The summed E-state index contributed by atoms with van der Waals surface area (Å²) >= 11 is 0. The Morgan fingerprint density at radius 3 is 2.64 bits per heavy atom. The first-order valence-corrected chi connectivity index (χ1v) is 8.07. The summed E-state index contributed by atoms with van der Waals surface area (Å²) < 4.78 is 1.55. The van der Waals surface area contributed by atoms with Crippen molar-refractivity contribution in [2.45, 2.75) is 5.92 Å². The van der Waals surface area contributed by atoms with Crippen LogP contribution in [0.25, 0.3) is 11.0 Å². The number of para-hydroxylation sites is 3. The van der Waals surface area contributed by atoms with E-state index in [9.17, 15) is 10.1 Å². The second kappa shape index (κ2) is 5.91. The number of hydrogen-bond acceptors (Lipinski definition) is 4. The molecule has 0 bridgehead atoms. The molecule has 1 aromatic heterocycles. The Bertz CT molecular complexity index is 1030. The molecule has 0 unspecified atom stereocenters. The quantitative estimate of drug-likeness (QED) is 0.739. The van der Waals surface area contributed by atoms with Gasteiger partial charge in [0, 0.05) is 25.4 Å². The molecule has 0 aliphatic carbocycles. The largest absolute Gasteiger partial charge is 0.371 e. The minimum absolute atomic E-state index is 0.147. The summed E-state index contributed by atoms with van der Waals surface area (Å²) in [5.74, 6) is -0.171. The highest BCUT2D eigenvalue weighted by molar-refractivity contribution is 5.99. The minimum Gasteiger partial charge on any atom is -0.371 e. The second-order valence-corrected chi connectivity index (χ2v) is 6.11. The first-order chi connectivity index (χ1) is 12.2. The number of likely N-dealkylation sites (N-methyl/N-ethyl adjacent to an activating group) is 1. The SMILES string of the molecule is CN(CC1=CC(=O)n2c(nc3ccccc32)[C@H]1C#N)c1ccccc1. The molecule has 0 spiro atoms. The lowest BCUT2D eigenvalue weighted by Gasteiger charge is -2.25. The summed E-state index contributed by atoms with van der Waals surface area (Å²) in [7, 11) is 1.95. The molecule has 1 aliphatic rings. The van der Waals surface area contributed by atoms with Gasteiger partial charge in [0.25, 0.3) is 5.91 Å². The number of carbonyl (C=O) groups excluding carboxylic acids is 1. The number of nitriles is 1. The van der Waals surface area contributed by atoms with Crippen molar-refractivity contribution < 1.29 is 4.79 Å². The standard InChI is InChI=1S/C20H16N4O/c1-23(15-7-3-2-4-8-15)13-14-11-19(25)24-18-10-6-5-9-17(18)22-20(24)16(14)12-21/h2-11,16H,13H2,1H3/t16-/m0/s1. The van der Waals surface area contributed by atoms with Gasteiger partial charge in [0.2, 0.25) is 0 Å². The third-order valence-electron chi connectivity index (χ3n) is 4.49. The topological polar surface area (TPSA) is 61.9 Å². The number of imidazole rings is 1. The summed E-state index contributed by atoms with van der Waals surface area (Å²) in [6.45, 7) is 0.497. The van der Waals surface area contributed by atoms with E-state index in [4.69, 9.17) is 0 Å². The van der Waals surface area contributed by atoms with Gasteiger partial charge in [-0.25, -0.2) is 4.98 Å². The zero-order valence-corrected chi connectivity index (χ0v) is 13.8. The van der Waals surface area contributed by atoms with Crippen LogP contribution < -0.4 is 4.90 Å². The van der Waals surface area contributed by atoms with E-state index in [0.717, 1.165) is 22.3 Å². The Kier molecular flexibility index (Phi) is 3.58. The Labute approximate surface area is 145 Å². The van der Waals surface area contributed by atoms with Crippen LogP contribution in [0.3, 0.4) is 0 Å². The summed E-state index contributed by atoms with van der Waals surface area (Å²) in [6, 6.07) is 19.7. The predicted molar refractivity (Wildman–Crippen MR) is 96.5 cm³/mol. The first-order valence-electron chi connectivity index (χ1n) is 8.07. The molecule has 5 heteroatoms. The maximum atomic E-state index is 12.7. The van der Waals surface area contributed by atoms with Crippen LogP contribution in [0.2, 0.25) is 0 Å². The monoisotopic (exact) mass is 328 g/mol. The van der Waals surface area contributed by atoms with E-state index in [2.05, 4.69) is 11.1 Å². The van der Waals surface area contributed by atoms with Gasteiger partial charge in [0.15, 0.2) is 0 Å². The fourth-order valence-electron chi connectivity index (χ4n) is 3.27. The maximum absolute atomic E-state index is 12.7. The van der Waals surface area contributed by atoms with Gasteiger partial charge < -0.3 is 4.90 Å². The van der Waals surface area contributed by atoms with Crippen molar-refractivity contribution in [3.8, 4) is 6.07 Å². The van der Waals surface area contributed by atoms with Crippen LogP contribution in [0, 0.1) is 11.3 Å². The zero-order valence-electron chi connectivity index (χ0n) is 13.8. The Hall–Kier alpha value is -3.39. The van der Waals surface area contributed by atoms with E-state index in [1.54, 1.807) is 10.6 Å². The van der Waals surface area contributed by atoms with Gasteiger partial charge in [-0.15, -0.1) is 0 Å². The number of anilines is 1. The van der Waals surface area contributed by atoms with E-state index in [1.165, 1.54) is 0 Å². The minimum atomic E-state index is -0.531. The van der Waals surface area contributed by atoms with Crippen LogP contribution >= 0.6 is 0 Å². The first kappa shape index (κ1) is 15.2. The van der Waals surface area contributed by atoms with Crippen molar-refractivity contribution >= 4 is 22.6 Å². The number of allylic oxidation sites excluding steroid dienone is 1. The van der Waals surface area contributed by atoms with Crippen LogP contribution in [0.15, 0.2) is 66.2 Å². The lowest BCUT2D eigenvalue weighted by molar-refractivity contribution is 0.0964. The fraction of sp³-hybridized carbons (Fsp3) is 0.150. The number of hydrogen-bond donors (Lipinski definition) is 0. The summed E-state index contributed by atoms with van der Waals surface area (Å²) in [4.78, 5) is 19.2. The number of benzene rings is 2. The summed E-state index contributed by atoms with van der Waals surface area (Å²) in [5.41, 5.74) is 3.28. The lowest BCUT2D eigenvalue weighted by atomic mass is 9.95. The maximum Gasteiger partial charge on any atom is 0.256 e. The fourth-order valence-corrected chi connectivity index (χ4v) is 3.27. The van der Waals surface area contributed by atoms with Crippen molar-refractivity contribution in [1.29, 1.82) is 5.26 Å². The van der Waals surface area contributed by atoms with E-state index in [-0.39, 0.29) is 5.91 Å². The van der Waals surface area contributed by atoms with Crippen LogP contribution in [-0.2, 0) is 0 Å². The molecule has 122 valence electrons. The molecule has 0 amide bonds. The molecule has 25 heavy (non-hydrogen) atoms. The van der Waals surface area contributed by atoms with Crippen LogP contribution in [-0.4, -0.2) is 29.1 Å². The van der Waals surface area contributed by atoms with Crippen molar-refractivity contribution in [3.05, 3.63) is 72.1 Å². The normalized spacial score (nSPS) is 16.2. The second-order valence-electron chi connectivity index (χ2n) is 6.11. The van der Waals surface area contributed by atoms with Gasteiger partial charge in [0.1, 0.15) is 11.7 Å².